The molecule has 10 heteroatoms. The van der Waals surface area contributed by atoms with Gasteiger partial charge in [0.1, 0.15) is 0 Å². The Bertz CT molecular complexity index is 1210. The van der Waals surface area contributed by atoms with Crippen LogP contribution in [0, 0.1) is 13.8 Å². The van der Waals surface area contributed by atoms with Gasteiger partial charge in [-0.25, -0.2) is 8.42 Å². The molecule has 168 valence electrons. The number of benzene rings is 2. The molecule has 4 rings (SSSR count). The lowest BCUT2D eigenvalue weighted by Gasteiger charge is -2.28. The highest BCUT2D eigenvalue weighted by Gasteiger charge is 2.34. The zero-order valence-electron chi connectivity index (χ0n) is 18.0. The smallest absolute Gasteiger partial charge is 0.233 e. The van der Waals surface area contributed by atoms with Gasteiger partial charge in [-0.15, -0.1) is 5.10 Å². The number of sulfone groups is 1. The number of hydrogen-bond donors (Lipinski definition) is 0. The Hall–Kier alpha value is -2.72. The van der Waals surface area contributed by atoms with Crippen LogP contribution in [0.15, 0.2) is 53.7 Å². The number of aromatic nitrogens is 4. The van der Waals surface area contributed by atoms with E-state index in [0.29, 0.717) is 18.1 Å². The van der Waals surface area contributed by atoms with Crippen LogP contribution in [0.2, 0.25) is 0 Å². The van der Waals surface area contributed by atoms with Crippen molar-refractivity contribution in [2.24, 2.45) is 0 Å². The maximum Gasteiger partial charge on any atom is 0.233 e. The molecule has 0 unspecified atom stereocenters. The van der Waals surface area contributed by atoms with Gasteiger partial charge < -0.3 is 4.90 Å². The summed E-state index contributed by atoms with van der Waals surface area (Å²) in [5, 5.41) is 12.5. The van der Waals surface area contributed by atoms with Crippen molar-refractivity contribution in [3.8, 4) is 5.69 Å². The Kier molecular flexibility index (Phi) is 6.61. The number of tetrazole rings is 1. The highest BCUT2D eigenvalue weighted by Crippen LogP contribution is 2.25. The van der Waals surface area contributed by atoms with E-state index in [1.807, 2.05) is 62.4 Å². The number of nitrogens with zero attached hydrogens (tertiary/aromatic N) is 5. The van der Waals surface area contributed by atoms with E-state index in [1.54, 1.807) is 9.58 Å². The summed E-state index contributed by atoms with van der Waals surface area (Å²) >= 11 is 1.25. The van der Waals surface area contributed by atoms with Gasteiger partial charge >= 0.3 is 0 Å². The molecular formula is C22H25N5O3S2. The summed E-state index contributed by atoms with van der Waals surface area (Å²) in [5.41, 5.74) is 4.03. The first-order chi connectivity index (χ1) is 15.3. The van der Waals surface area contributed by atoms with Gasteiger partial charge in [-0.1, -0.05) is 54.2 Å². The monoisotopic (exact) mass is 471 g/mol. The van der Waals surface area contributed by atoms with Gasteiger partial charge in [0.15, 0.2) is 9.84 Å². The highest BCUT2D eigenvalue weighted by atomic mass is 32.2. The SMILES string of the molecule is Cc1cccc(-n2nnnc2SCC(=O)N(Cc2ccccc2)[C@@H]2CCS(=O)(=O)C2)c1C. The van der Waals surface area contributed by atoms with Crippen molar-refractivity contribution < 1.29 is 13.2 Å². The molecule has 2 heterocycles. The average molecular weight is 472 g/mol. The van der Waals surface area contributed by atoms with E-state index in [2.05, 4.69) is 15.5 Å². The number of carbonyl (C=O) groups is 1. The second kappa shape index (κ2) is 9.41. The number of amides is 1. The minimum atomic E-state index is -3.11. The van der Waals surface area contributed by atoms with Crippen molar-refractivity contribution in [2.45, 2.75) is 38.0 Å². The van der Waals surface area contributed by atoms with Crippen molar-refractivity contribution >= 4 is 27.5 Å². The van der Waals surface area contributed by atoms with Gasteiger partial charge in [0.2, 0.25) is 11.1 Å². The van der Waals surface area contributed by atoms with Gasteiger partial charge in [-0.2, -0.15) is 4.68 Å². The van der Waals surface area contributed by atoms with Gasteiger partial charge in [0, 0.05) is 12.6 Å². The van der Waals surface area contributed by atoms with Gasteiger partial charge in [0.25, 0.3) is 0 Å². The maximum atomic E-state index is 13.2. The van der Waals surface area contributed by atoms with Crippen molar-refractivity contribution in [3.05, 3.63) is 65.2 Å². The van der Waals surface area contributed by atoms with E-state index in [0.717, 1.165) is 22.4 Å². The van der Waals surface area contributed by atoms with E-state index in [-0.39, 0.29) is 29.2 Å². The average Bonchev–Trinajstić information content (AvgIpc) is 3.39. The molecule has 1 aliphatic heterocycles. The van der Waals surface area contributed by atoms with Crippen LogP contribution in [0.5, 0.6) is 0 Å². The van der Waals surface area contributed by atoms with Crippen LogP contribution in [-0.4, -0.2) is 62.7 Å². The number of rotatable bonds is 7. The highest BCUT2D eigenvalue weighted by molar-refractivity contribution is 7.99. The van der Waals surface area contributed by atoms with Gasteiger partial charge in [0.05, 0.1) is 22.9 Å². The van der Waals surface area contributed by atoms with E-state index in [1.165, 1.54) is 11.8 Å². The van der Waals surface area contributed by atoms with Crippen LogP contribution < -0.4 is 0 Å². The summed E-state index contributed by atoms with van der Waals surface area (Å²) < 4.78 is 25.7. The first-order valence-corrected chi connectivity index (χ1v) is 13.2. The fourth-order valence-electron chi connectivity index (χ4n) is 3.82. The predicted octanol–water partition coefficient (Wildman–Crippen LogP) is 2.59. The number of carbonyl (C=O) groups excluding carboxylic acids is 1. The molecule has 0 bridgehead atoms. The predicted molar refractivity (Wildman–Crippen MR) is 123 cm³/mol. The lowest BCUT2D eigenvalue weighted by Crippen LogP contribution is -2.41. The molecule has 0 N–H and O–H groups in total. The van der Waals surface area contributed by atoms with Crippen LogP contribution in [0.25, 0.3) is 5.69 Å². The van der Waals surface area contributed by atoms with Crippen molar-refractivity contribution in [1.29, 1.82) is 0 Å². The van der Waals surface area contributed by atoms with Gasteiger partial charge in [-0.3, -0.25) is 4.79 Å². The first-order valence-electron chi connectivity index (χ1n) is 10.4. The maximum absolute atomic E-state index is 13.2. The Labute approximate surface area is 191 Å². The summed E-state index contributed by atoms with van der Waals surface area (Å²) in [4.78, 5) is 14.9. The molecular weight excluding hydrogens is 446 g/mol. The Morgan fingerprint density at radius 3 is 2.66 bits per heavy atom. The van der Waals surface area contributed by atoms with Crippen molar-refractivity contribution in [1.82, 2.24) is 25.1 Å². The van der Waals surface area contributed by atoms with Crippen LogP contribution in [0.3, 0.4) is 0 Å². The van der Waals surface area contributed by atoms with E-state index < -0.39 is 9.84 Å². The first kappa shape index (κ1) is 22.5. The molecule has 0 spiro atoms. The molecule has 0 saturated carbocycles. The third kappa shape index (κ3) is 5.02. The van der Waals surface area contributed by atoms with Crippen LogP contribution in [0.1, 0.15) is 23.1 Å². The molecule has 1 aromatic heterocycles. The summed E-state index contributed by atoms with van der Waals surface area (Å²) in [6.45, 7) is 4.41. The molecule has 1 atom stereocenters. The normalized spacial score (nSPS) is 17.4. The Morgan fingerprint density at radius 1 is 1.16 bits per heavy atom. The van der Waals surface area contributed by atoms with E-state index in [4.69, 9.17) is 0 Å². The molecule has 1 fully saturated rings. The summed E-state index contributed by atoms with van der Waals surface area (Å²) in [7, 11) is -3.11. The van der Waals surface area contributed by atoms with E-state index >= 15 is 0 Å². The Balaban J connectivity index is 1.52. The van der Waals surface area contributed by atoms with Crippen LogP contribution >= 0.6 is 11.8 Å². The topological polar surface area (TPSA) is 98.1 Å². The number of thioether (sulfide) groups is 1. The second-order valence-electron chi connectivity index (χ2n) is 7.95. The molecule has 2 aromatic carbocycles. The molecule has 0 aliphatic carbocycles. The molecule has 1 saturated heterocycles. The minimum Gasteiger partial charge on any atom is -0.334 e. The Morgan fingerprint density at radius 2 is 1.94 bits per heavy atom. The molecule has 3 aromatic rings. The molecule has 1 amide bonds. The number of aryl methyl sites for hydroxylation is 1. The summed E-state index contributed by atoms with van der Waals surface area (Å²) in [6, 6.07) is 15.2. The standard InChI is InChI=1S/C22H25N5O3S2/c1-16-7-6-10-20(17(16)2)27-22(23-24-25-27)31-14-21(28)26(13-18-8-4-3-5-9-18)19-11-12-32(29,30)15-19/h3-10,19H,11-15H2,1-2H3/t19-/m1/s1. The molecule has 1 aliphatic rings. The van der Waals surface area contributed by atoms with Crippen LogP contribution in [-0.2, 0) is 21.2 Å². The van der Waals surface area contributed by atoms with Crippen molar-refractivity contribution in [2.75, 3.05) is 17.3 Å². The third-order valence-corrected chi connectivity index (χ3v) is 8.39. The minimum absolute atomic E-state index is 0.0104. The summed E-state index contributed by atoms with van der Waals surface area (Å²) in [6.07, 6.45) is 0.464. The zero-order valence-corrected chi connectivity index (χ0v) is 19.6. The summed E-state index contributed by atoms with van der Waals surface area (Å²) in [5.74, 6) is 0.121. The molecule has 0 radical (unpaired) electrons. The molecule has 32 heavy (non-hydrogen) atoms. The fraction of sp³-hybridized carbons (Fsp3) is 0.364. The van der Waals surface area contributed by atoms with Gasteiger partial charge in [-0.05, 0) is 53.5 Å². The lowest BCUT2D eigenvalue weighted by atomic mass is 10.1. The third-order valence-electron chi connectivity index (χ3n) is 5.74. The number of hydrogen-bond acceptors (Lipinski definition) is 7. The lowest BCUT2D eigenvalue weighted by molar-refractivity contribution is -0.130. The second-order valence-corrected chi connectivity index (χ2v) is 11.1. The van der Waals surface area contributed by atoms with Crippen LogP contribution in [0.4, 0.5) is 0 Å². The van der Waals surface area contributed by atoms with Crippen molar-refractivity contribution in [3.63, 3.8) is 0 Å². The van der Waals surface area contributed by atoms with E-state index in [9.17, 15) is 13.2 Å². The fourth-order valence-corrected chi connectivity index (χ4v) is 6.32. The molecule has 8 nitrogen and oxygen atoms in total. The largest absolute Gasteiger partial charge is 0.334 e. The quantitative estimate of drug-likeness (QED) is 0.489. The zero-order chi connectivity index (χ0) is 22.7.